The molecule has 1 aromatic carbocycles. The number of benzene rings is 1. The van der Waals surface area contributed by atoms with Gasteiger partial charge in [-0.1, -0.05) is 63.9 Å². The number of hydrogen-bond acceptors (Lipinski definition) is 1. The maximum atomic E-state index is 14.9. The number of piperidine rings is 1. The van der Waals surface area contributed by atoms with E-state index < -0.39 is 0 Å². The van der Waals surface area contributed by atoms with Gasteiger partial charge in [-0.25, -0.2) is 0 Å². The Morgan fingerprint density at radius 3 is 2.69 bits per heavy atom. The van der Waals surface area contributed by atoms with E-state index in [0.717, 1.165) is 69.5 Å². The quantitative estimate of drug-likeness (QED) is 0.401. The van der Waals surface area contributed by atoms with Crippen LogP contribution in [0.3, 0.4) is 0 Å². The first-order chi connectivity index (χ1) is 20.6. The molecule has 4 fully saturated rings. The van der Waals surface area contributed by atoms with Gasteiger partial charge in [0.05, 0.1) is 18.5 Å². The number of aromatic amines is 1. The molecule has 3 aliphatic carbocycles. The molecule has 4 unspecified atom stereocenters. The molecule has 2 saturated carbocycles. The Bertz CT molecular complexity index is 1220. The SMILES string of the molecule is CC.CCC1C[C@H]2CCC(C3CC(c4ccccc4)CCN3C(=O)[C@@H]3C[NH2+]C[C@]34CCCc3[nH+]c(Cl)ccc34)[C@@H](C1)C2. The summed E-state index contributed by atoms with van der Waals surface area (Å²) in [5.41, 5.74) is 4.03. The summed E-state index contributed by atoms with van der Waals surface area (Å²) in [5.74, 6) is 4.35. The van der Waals surface area contributed by atoms with Gasteiger partial charge in [-0.05, 0) is 104 Å². The van der Waals surface area contributed by atoms with Gasteiger partial charge >= 0.3 is 0 Å². The normalized spacial score (nSPS) is 35.7. The summed E-state index contributed by atoms with van der Waals surface area (Å²) in [7, 11) is 0. The zero-order chi connectivity index (χ0) is 29.3. The number of rotatable bonds is 4. The largest absolute Gasteiger partial charge is 0.345 e. The average Bonchev–Trinajstić information content (AvgIpc) is 3.45. The van der Waals surface area contributed by atoms with Gasteiger partial charge in [0, 0.05) is 30.6 Å². The van der Waals surface area contributed by atoms with E-state index in [-0.39, 0.29) is 11.3 Å². The second-order valence-corrected chi connectivity index (χ2v) is 14.5. The maximum Gasteiger partial charge on any atom is 0.273 e. The number of likely N-dealkylation sites (tertiary alicyclic amines) is 1. The Balaban J connectivity index is 0.00000155. The zero-order valence-electron chi connectivity index (χ0n) is 26.3. The Labute approximate surface area is 259 Å². The molecule has 5 heteroatoms. The zero-order valence-corrected chi connectivity index (χ0v) is 27.0. The fourth-order valence-corrected chi connectivity index (χ4v) is 10.5. The molecular formula is C37H54ClN3O+2. The van der Waals surface area contributed by atoms with Gasteiger partial charge in [-0.2, -0.15) is 4.98 Å². The van der Waals surface area contributed by atoms with Crippen LogP contribution in [0.5, 0.6) is 0 Å². The van der Waals surface area contributed by atoms with Crippen molar-refractivity contribution in [2.24, 2.45) is 29.6 Å². The number of nitrogens with two attached hydrogens (primary N) is 1. The molecule has 5 aliphatic rings. The van der Waals surface area contributed by atoms with Crippen molar-refractivity contribution in [1.29, 1.82) is 0 Å². The molecule has 3 heterocycles. The maximum absolute atomic E-state index is 14.9. The van der Waals surface area contributed by atoms with Crippen LogP contribution in [0.1, 0.15) is 108 Å². The molecule has 1 spiro atoms. The van der Waals surface area contributed by atoms with Crippen molar-refractivity contribution in [3.63, 3.8) is 0 Å². The van der Waals surface area contributed by atoms with Crippen molar-refractivity contribution in [3.8, 4) is 0 Å². The molecule has 228 valence electrons. The van der Waals surface area contributed by atoms with Gasteiger partial charge in [0.25, 0.3) is 5.15 Å². The van der Waals surface area contributed by atoms with Crippen LogP contribution in [-0.2, 0) is 16.6 Å². The Hall–Kier alpha value is -1.91. The molecule has 2 aliphatic heterocycles. The number of hydrogen-bond donors (Lipinski definition) is 1. The van der Waals surface area contributed by atoms with E-state index in [1.165, 1.54) is 55.3 Å². The van der Waals surface area contributed by atoms with E-state index in [1.807, 2.05) is 19.9 Å². The molecule has 7 rings (SSSR count). The number of quaternary nitrogens is 1. The van der Waals surface area contributed by atoms with Crippen LogP contribution in [0.15, 0.2) is 42.5 Å². The van der Waals surface area contributed by atoms with Crippen LogP contribution in [0.25, 0.3) is 0 Å². The summed E-state index contributed by atoms with van der Waals surface area (Å²) in [6, 6.07) is 15.8. The van der Waals surface area contributed by atoms with Crippen LogP contribution < -0.4 is 10.3 Å². The van der Waals surface area contributed by atoms with E-state index in [1.54, 1.807) is 0 Å². The number of carbonyl (C=O) groups is 1. The molecule has 1 amide bonds. The number of nitrogens with one attached hydrogen (secondary N) is 1. The molecule has 2 saturated heterocycles. The number of nitrogens with zero attached hydrogens (tertiary/aromatic N) is 1. The summed E-state index contributed by atoms with van der Waals surface area (Å²) >= 11 is 6.39. The van der Waals surface area contributed by atoms with Crippen molar-refractivity contribution in [2.45, 2.75) is 109 Å². The monoisotopic (exact) mass is 591 g/mol. The number of carbonyl (C=O) groups excluding carboxylic acids is 1. The van der Waals surface area contributed by atoms with E-state index >= 15 is 0 Å². The number of pyridine rings is 1. The minimum Gasteiger partial charge on any atom is -0.345 e. The number of aryl methyl sites for hydroxylation is 1. The topological polar surface area (TPSA) is 51.1 Å². The Kier molecular flexibility index (Phi) is 9.31. The lowest BCUT2D eigenvalue weighted by Gasteiger charge is -2.52. The molecule has 2 bridgehead atoms. The third-order valence-electron chi connectivity index (χ3n) is 12.2. The predicted octanol–water partition coefficient (Wildman–Crippen LogP) is 6.57. The van der Waals surface area contributed by atoms with E-state index in [0.29, 0.717) is 28.9 Å². The highest BCUT2D eigenvalue weighted by Gasteiger charge is 2.57. The first-order valence-electron chi connectivity index (χ1n) is 17.4. The fourth-order valence-electron chi connectivity index (χ4n) is 10.3. The van der Waals surface area contributed by atoms with Crippen molar-refractivity contribution >= 4 is 17.5 Å². The number of halogens is 1. The third-order valence-corrected chi connectivity index (χ3v) is 12.4. The first-order valence-corrected chi connectivity index (χ1v) is 17.8. The van der Waals surface area contributed by atoms with Crippen molar-refractivity contribution in [3.05, 3.63) is 64.4 Å². The van der Waals surface area contributed by atoms with Gasteiger partial charge in [0.2, 0.25) is 5.91 Å². The van der Waals surface area contributed by atoms with Crippen LogP contribution >= 0.6 is 11.6 Å². The highest BCUT2D eigenvalue weighted by atomic mass is 35.5. The van der Waals surface area contributed by atoms with Gasteiger partial charge in [0.15, 0.2) is 5.69 Å². The summed E-state index contributed by atoms with van der Waals surface area (Å²) < 4.78 is 0. The highest BCUT2D eigenvalue weighted by molar-refractivity contribution is 6.28. The molecule has 4 nitrogen and oxygen atoms in total. The van der Waals surface area contributed by atoms with Crippen LogP contribution in [0.4, 0.5) is 0 Å². The Morgan fingerprint density at radius 2 is 1.88 bits per heavy atom. The summed E-state index contributed by atoms with van der Waals surface area (Å²) in [5, 5.41) is 3.13. The molecular weight excluding hydrogens is 538 g/mol. The summed E-state index contributed by atoms with van der Waals surface area (Å²) in [6.07, 6.45) is 13.8. The number of amides is 1. The van der Waals surface area contributed by atoms with E-state index in [4.69, 9.17) is 11.6 Å². The number of aromatic nitrogens is 1. The Morgan fingerprint density at radius 1 is 1.05 bits per heavy atom. The van der Waals surface area contributed by atoms with Gasteiger partial charge in [0.1, 0.15) is 5.92 Å². The van der Waals surface area contributed by atoms with Crippen LogP contribution in [0, 0.1) is 29.6 Å². The van der Waals surface area contributed by atoms with Crippen LogP contribution in [-0.4, -0.2) is 36.5 Å². The first kappa shape index (κ1) is 30.1. The lowest BCUT2D eigenvalue weighted by Crippen LogP contribution is -2.82. The fraction of sp³-hybridized carbons (Fsp3) is 0.676. The van der Waals surface area contributed by atoms with E-state index in [9.17, 15) is 4.79 Å². The minimum absolute atomic E-state index is 0.0583. The number of H-pyrrole nitrogens is 1. The second-order valence-electron chi connectivity index (χ2n) is 14.1. The summed E-state index contributed by atoms with van der Waals surface area (Å²) in [4.78, 5) is 20.8. The standard InChI is InChI=1S/C35H46ClN3O.C2H6/c1-2-23-17-24-10-11-28(27(18-23)19-24)32-20-26(25-7-4-3-5-8-25)14-16-39(32)34(40)30-21-37-22-35(30)15-6-9-31-29(35)12-13-33(36)38-31;1-2/h3-5,7-8,12-13,23-24,26-28,30,32,37H,2,6,9-11,14-22H2,1H3;1-2H3/p+2/t23?,24-,26?,27+,28?,30+,32?,35+;/m1./s1. The van der Waals surface area contributed by atoms with Gasteiger partial charge in [-0.3, -0.25) is 4.79 Å². The lowest BCUT2D eigenvalue weighted by molar-refractivity contribution is -0.640. The van der Waals surface area contributed by atoms with E-state index in [2.05, 4.69) is 58.5 Å². The molecule has 2 aromatic rings. The van der Waals surface area contributed by atoms with Crippen LogP contribution in [0.2, 0.25) is 5.15 Å². The molecule has 42 heavy (non-hydrogen) atoms. The third kappa shape index (κ3) is 5.56. The lowest BCUT2D eigenvalue weighted by atomic mass is 9.59. The van der Waals surface area contributed by atoms with Crippen molar-refractivity contribution in [1.82, 2.24) is 4.90 Å². The molecule has 8 atom stereocenters. The predicted molar refractivity (Wildman–Crippen MR) is 170 cm³/mol. The summed E-state index contributed by atoms with van der Waals surface area (Å²) in [6.45, 7) is 9.24. The average molecular weight is 592 g/mol. The van der Waals surface area contributed by atoms with Crippen molar-refractivity contribution in [2.75, 3.05) is 19.6 Å². The smallest absolute Gasteiger partial charge is 0.273 e. The second kappa shape index (κ2) is 13.0. The molecule has 3 N–H and O–H groups in total. The highest BCUT2D eigenvalue weighted by Crippen LogP contribution is 2.51. The van der Waals surface area contributed by atoms with Gasteiger partial charge < -0.3 is 10.2 Å². The number of fused-ring (bicyclic) bond motifs is 4. The molecule has 1 aromatic heterocycles. The van der Waals surface area contributed by atoms with Gasteiger partial charge in [-0.15, -0.1) is 0 Å². The minimum atomic E-state index is -0.0671. The molecule has 0 radical (unpaired) electrons. The van der Waals surface area contributed by atoms with Crippen molar-refractivity contribution < 1.29 is 15.1 Å².